The molecular weight excluding hydrogens is 733 g/mol. The molecule has 0 atom stereocenters. The van der Waals surface area contributed by atoms with Gasteiger partial charge in [0.25, 0.3) is 0 Å². The van der Waals surface area contributed by atoms with Gasteiger partial charge in [-0.15, -0.1) is 53.6 Å². The van der Waals surface area contributed by atoms with E-state index in [-0.39, 0.29) is 20.1 Å². The van der Waals surface area contributed by atoms with Gasteiger partial charge in [0.1, 0.15) is 5.58 Å². The van der Waals surface area contributed by atoms with Crippen molar-refractivity contribution < 1.29 is 24.5 Å². The molecule has 1 radical (unpaired) electrons. The Bertz CT molecular complexity index is 2030. The van der Waals surface area contributed by atoms with Crippen molar-refractivity contribution in [3.63, 3.8) is 0 Å². The third-order valence-electron chi connectivity index (χ3n) is 7.57. The molecule has 0 aliphatic carbocycles. The van der Waals surface area contributed by atoms with Crippen LogP contribution in [0, 0.1) is 26.0 Å². The Kier molecular flexibility index (Phi) is 9.41. The maximum atomic E-state index is 6.20. The van der Waals surface area contributed by atoms with Gasteiger partial charge < -0.3 is 14.4 Å². The molecule has 3 nitrogen and oxygen atoms in total. The number of fused-ring (bicyclic) bond motifs is 3. The minimum absolute atomic E-state index is 0. The molecule has 0 aliphatic rings. The van der Waals surface area contributed by atoms with E-state index < -0.39 is 8.07 Å². The summed E-state index contributed by atoms with van der Waals surface area (Å²) in [6.45, 7) is 11.2. The number of rotatable bonds is 4. The smallest absolute Gasteiger partial charge is 0.120 e. The van der Waals surface area contributed by atoms with Gasteiger partial charge in [0.15, 0.2) is 0 Å². The van der Waals surface area contributed by atoms with Crippen LogP contribution in [0.15, 0.2) is 120 Å². The zero-order valence-corrected chi connectivity index (χ0v) is 29.0. The standard InChI is InChI=1S/C24H16NO.C15H18NSi.Ir/c1-16-12-13-25-22(14-16)20-9-5-8-19-21-15-18(17-6-3-2-4-7-17)10-11-23(21)26-24(19)20;1-12-6-5-7-13(10-12)15-9-8-14(11-16-15)17(2,3)4;/h2-8,10-15H,1H3;5-6,8-11H,1-4H3;/q2*-1;. The van der Waals surface area contributed by atoms with Crippen molar-refractivity contribution in [2.45, 2.75) is 33.5 Å². The normalized spacial score (nSPS) is 11.1. The Morgan fingerprint density at radius 3 is 2.14 bits per heavy atom. The van der Waals surface area contributed by atoms with E-state index in [0.717, 1.165) is 44.5 Å². The van der Waals surface area contributed by atoms with Gasteiger partial charge in [-0.3, -0.25) is 0 Å². The maximum absolute atomic E-state index is 6.20. The molecule has 0 amide bonds. The SMILES string of the molecule is Cc1cc[c-]c(-c2ccc([Si](C)(C)C)cn2)c1.Cc1ccnc(-c2[c-]ccc3c2oc2ccc(-c4ccccc4)cc23)c1.[Ir]. The Morgan fingerprint density at radius 2 is 1.43 bits per heavy atom. The third-order valence-corrected chi connectivity index (χ3v) is 9.60. The summed E-state index contributed by atoms with van der Waals surface area (Å²) in [6.07, 6.45) is 3.85. The van der Waals surface area contributed by atoms with Crippen molar-refractivity contribution in [3.05, 3.63) is 139 Å². The number of nitrogens with zero attached hydrogens (tertiary/aromatic N) is 2. The van der Waals surface area contributed by atoms with Crippen LogP contribution in [0.5, 0.6) is 0 Å². The molecule has 0 aliphatic heterocycles. The van der Waals surface area contributed by atoms with Crippen LogP contribution < -0.4 is 5.19 Å². The quantitative estimate of drug-likeness (QED) is 0.132. The van der Waals surface area contributed by atoms with E-state index in [2.05, 4.69) is 128 Å². The molecule has 3 heterocycles. The van der Waals surface area contributed by atoms with Crippen molar-refractivity contribution in [2.24, 2.45) is 0 Å². The first-order valence-corrected chi connectivity index (χ1v) is 18.1. The molecule has 0 bridgehead atoms. The number of furan rings is 1. The van der Waals surface area contributed by atoms with Crippen LogP contribution in [0.3, 0.4) is 0 Å². The van der Waals surface area contributed by atoms with Crippen molar-refractivity contribution in [1.82, 2.24) is 9.97 Å². The molecule has 0 fully saturated rings. The van der Waals surface area contributed by atoms with E-state index in [1.54, 1.807) is 0 Å². The van der Waals surface area contributed by atoms with Crippen LogP contribution in [-0.4, -0.2) is 18.0 Å². The Labute approximate surface area is 274 Å². The summed E-state index contributed by atoms with van der Waals surface area (Å²) in [7, 11) is -1.24. The van der Waals surface area contributed by atoms with Gasteiger partial charge in [0, 0.05) is 37.9 Å². The van der Waals surface area contributed by atoms with E-state index >= 15 is 0 Å². The zero-order valence-electron chi connectivity index (χ0n) is 25.6. The molecule has 0 N–H and O–H groups in total. The largest absolute Gasteiger partial charge is 0.501 e. The molecule has 0 saturated heterocycles. The first-order valence-electron chi connectivity index (χ1n) is 14.6. The Morgan fingerprint density at radius 1 is 0.659 bits per heavy atom. The van der Waals surface area contributed by atoms with Crippen LogP contribution in [0.4, 0.5) is 0 Å². The topological polar surface area (TPSA) is 38.9 Å². The molecule has 0 unspecified atom stereocenters. The summed E-state index contributed by atoms with van der Waals surface area (Å²) >= 11 is 0. The fraction of sp³-hybridized carbons (Fsp3) is 0.128. The number of hydrogen-bond acceptors (Lipinski definition) is 3. The minimum atomic E-state index is -1.24. The van der Waals surface area contributed by atoms with Gasteiger partial charge in [-0.2, -0.15) is 0 Å². The number of benzene rings is 4. The minimum Gasteiger partial charge on any atom is -0.501 e. The predicted octanol–water partition coefficient (Wildman–Crippen LogP) is 9.82. The van der Waals surface area contributed by atoms with Crippen LogP contribution in [0.1, 0.15) is 11.1 Å². The van der Waals surface area contributed by atoms with E-state index in [1.807, 2.05) is 42.7 Å². The summed E-state index contributed by atoms with van der Waals surface area (Å²) in [5.41, 5.74) is 10.4. The number of pyridine rings is 2. The van der Waals surface area contributed by atoms with Crippen LogP contribution in [0.25, 0.3) is 55.6 Å². The van der Waals surface area contributed by atoms with E-state index in [4.69, 9.17) is 4.42 Å². The first kappa shape index (κ1) is 31.3. The summed E-state index contributed by atoms with van der Waals surface area (Å²) in [5, 5.41) is 3.60. The molecule has 3 aromatic heterocycles. The molecule has 5 heteroatoms. The molecule has 0 spiro atoms. The van der Waals surface area contributed by atoms with Crippen LogP contribution in [-0.2, 0) is 20.1 Å². The summed E-state index contributed by atoms with van der Waals surface area (Å²) < 4.78 is 6.20. The summed E-state index contributed by atoms with van der Waals surface area (Å²) in [4.78, 5) is 9.06. The molecule has 0 saturated carbocycles. The van der Waals surface area contributed by atoms with Crippen molar-refractivity contribution in [2.75, 3.05) is 0 Å². The average Bonchev–Trinajstić information content (AvgIpc) is 3.40. The van der Waals surface area contributed by atoms with Crippen molar-refractivity contribution in [1.29, 1.82) is 0 Å². The van der Waals surface area contributed by atoms with Gasteiger partial charge in [0.2, 0.25) is 0 Å². The van der Waals surface area contributed by atoms with Gasteiger partial charge in [-0.1, -0.05) is 97.7 Å². The second-order valence-electron chi connectivity index (χ2n) is 12.0. The van der Waals surface area contributed by atoms with Crippen molar-refractivity contribution in [3.8, 4) is 33.6 Å². The predicted molar refractivity (Wildman–Crippen MR) is 182 cm³/mol. The maximum Gasteiger partial charge on any atom is 0.120 e. The number of aryl methyl sites for hydroxylation is 2. The number of aromatic nitrogens is 2. The Balaban J connectivity index is 0.000000187. The van der Waals surface area contributed by atoms with Crippen LogP contribution in [0.2, 0.25) is 19.6 Å². The van der Waals surface area contributed by atoms with E-state index in [9.17, 15) is 0 Å². The van der Waals surface area contributed by atoms with Gasteiger partial charge in [0.05, 0.1) is 13.7 Å². The fourth-order valence-corrected chi connectivity index (χ4v) is 6.18. The molecule has 4 aromatic carbocycles. The molecule has 221 valence electrons. The number of hydrogen-bond donors (Lipinski definition) is 0. The van der Waals surface area contributed by atoms with E-state index in [1.165, 1.54) is 27.4 Å². The summed E-state index contributed by atoms with van der Waals surface area (Å²) in [5.74, 6) is 0. The van der Waals surface area contributed by atoms with Gasteiger partial charge >= 0.3 is 0 Å². The molecule has 7 aromatic rings. The second-order valence-corrected chi connectivity index (χ2v) is 17.0. The molecular formula is C39H34IrN2OSi-2. The molecule has 7 rings (SSSR count). The third kappa shape index (κ3) is 6.81. The second kappa shape index (κ2) is 13.2. The Hall–Kier alpha value is -4.15. The average molecular weight is 767 g/mol. The monoisotopic (exact) mass is 767 g/mol. The van der Waals surface area contributed by atoms with Crippen LogP contribution >= 0.6 is 0 Å². The van der Waals surface area contributed by atoms with E-state index in [0.29, 0.717) is 0 Å². The van der Waals surface area contributed by atoms with Gasteiger partial charge in [-0.25, -0.2) is 0 Å². The van der Waals surface area contributed by atoms with Crippen molar-refractivity contribution >= 4 is 35.2 Å². The molecule has 44 heavy (non-hydrogen) atoms. The summed E-state index contributed by atoms with van der Waals surface area (Å²) in [6, 6.07) is 41.8. The first-order chi connectivity index (χ1) is 20.8. The zero-order chi connectivity index (χ0) is 30.0. The fourth-order valence-electron chi connectivity index (χ4n) is 5.14. The van der Waals surface area contributed by atoms with Gasteiger partial charge in [-0.05, 0) is 52.8 Å².